The normalized spacial score (nSPS) is 22.3. The van der Waals surface area contributed by atoms with Crippen LogP contribution in [0, 0.1) is 17.7 Å². The van der Waals surface area contributed by atoms with Crippen LogP contribution in [0.1, 0.15) is 76.3 Å². The summed E-state index contributed by atoms with van der Waals surface area (Å²) in [6.45, 7) is 9.48. The number of carboxylic acid groups (broad SMARTS) is 1. The minimum Gasteiger partial charge on any atom is -0.480 e. The van der Waals surface area contributed by atoms with Gasteiger partial charge in [-0.1, -0.05) is 69.3 Å². The van der Waals surface area contributed by atoms with Crippen molar-refractivity contribution >= 4 is 12.1 Å². The summed E-state index contributed by atoms with van der Waals surface area (Å²) in [7, 11) is 0. The fourth-order valence-corrected chi connectivity index (χ4v) is 6.81. The summed E-state index contributed by atoms with van der Waals surface area (Å²) in [5.41, 5.74) is 1.71. The van der Waals surface area contributed by atoms with Gasteiger partial charge in [0.25, 0.3) is 0 Å². The van der Waals surface area contributed by atoms with Gasteiger partial charge in [0, 0.05) is 43.8 Å². The fraction of sp³-hybridized carbons (Fsp3) is 0.588. The Morgan fingerprint density at radius 3 is 2.40 bits per heavy atom. The Bertz CT molecular complexity index is 1140. The molecule has 1 saturated heterocycles. The summed E-state index contributed by atoms with van der Waals surface area (Å²) in [6.07, 6.45) is 4.71. The number of carbonyl (C=O) groups excluding carboxylic acids is 1. The predicted octanol–water partition coefficient (Wildman–Crippen LogP) is 6.29. The van der Waals surface area contributed by atoms with Crippen molar-refractivity contribution in [2.45, 2.75) is 89.9 Å². The number of ether oxygens (including phenoxy) is 1. The molecule has 2 N–H and O–H groups in total. The Labute approximate surface area is 250 Å². The van der Waals surface area contributed by atoms with E-state index in [0.29, 0.717) is 36.3 Å². The van der Waals surface area contributed by atoms with Crippen LogP contribution in [0.15, 0.2) is 54.6 Å². The first-order chi connectivity index (χ1) is 20.2. The number of benzene rings is 2. The molecule has 42 heavy (non-hydrogen) atoms. The second-order valence-corrected chi connectivity index (χ2v) is 12.5. The Kier molecular flexibility index (Phi) is 11.8. The lowest BCUT2D eigenvalue weighted by molar-refractivity contribution is -0.140. The molecule has 4 atom stereocenters. The molecule has 1 saturated carbocycles. The van der Waals surface area contributed by atoms with Gasteiger partial charge in [-0.2, -0.15) is 0 Å². The van der Waals surface area contributed by atoms with Gasteiger partial charge < -0.3 is 25.0 Å². The van der Waals surface area contributed by atoms with Gasteiger partial charge in [-0.15, -0.1) is 0 Å². The highest BCUT2D eigenvalue weighted by atomic mass is 19.1. The maximum Gasteiger partial charge on any atom is 0.410 e. The maximum atomic E-state index is 14.0. The van der Waals surface area contributed by atoms with E-state index >= 15 is 0 Å². The molecule has 0 radical (unpaired) electrons. The molecule has 1 heterocycles. The lowest BCUT2D eigenvalue weighted by Gasteiger charge is -2.39. The maximum absolute atomic E-state index is 14.0. The summed E-state index contributed by atoms with van der Waals surface area (Å²) in [6, 6.07) is 16.8. The van der Waals surface area contributed by atoms with Crippen molar-refractivity contribution in [1.29, 1.82) is 0 Å². The van der Waals surface area contributed by atoms with E-state index in [2.05, 4.69) is 55.3 Å². The van der Waals surface area contributed by atoms with E-state index in [1.54, 1.807) is 18.2 Å². The highest BCUT2D eigenvalue weighted by Crippen LogP contribution is 2.41. The molecule has 2 fully saturated rings. The number of nitrogens with zero attached hydrogens (tertiary/aromatic N) is 2. The van der Waals surface area contributed by atoms with E-state index in [1.165, 1.54) is 11.6 Å². The van der Waals surface area contributed by atoms with Crippen LogP contribution < -0.4 is 5.32 Å². The number of aliphatic carboxylic acids is 1. The second kappa shape index (κ2) is 15.5. The van der Waals surface area contributed by atoms with E-state index in [9.17, 15) is 19.1 Å². The molecule has 1 aliphatic carbocycles. The van der Waals surface area contributed by atoms with Gasteiger partial charge in [0.05, 0.1) is 0 Å². The van der Waals surface area contributed by atoms with Crippen molar-refractivity contribution in [3.63, 3.8) is 0 Å². The number of nitrogens with one attached hydrogen (secondary N) is 1. The monoisotopic (exact) mass is 581 g/mol. The Morgan fingerprint density at radius 2 is 1.76 bits per heavy atom. The zero-order valence-electron chi connectivity index (χ0n) is 25.4. The van der Waals surface area contributed by atoms with Crippen LogP contribution in [0.2, 0.25) is 0 Å². The van der Waals surface area contributed by atoms with Gasteiger partial charge in [0.15, 0.2) is 0 Å². The summed E-state index contributed by atoms with van der Waals surface area (Å²) < 4.78 is 19.6. The third-order valence-electron chi connectivity index (χ3n) is 8.86. The number of rotatable bonds is 13. The molecule has 8 heteroatoms. The lowest BCUT2D eigenvalue weighted by atomic mass is 9.88. The third-order valence-corrected chi connectivity index (χ3v) is 8.86. The SMILES string of the molecule is CCCN(C(=O)OCc1ccccc1F)C1CCN(CC2CC(NC(CC(C)C)C(=O)O)CC2c2ccccc2)CC1. The Balaban J connectivity index is 1.35. The van der Waals surface area contributed by atoms with Crippen molar-refractivity contribution in [1.82, 2.24) is 15.1 Å². The molecule has 1 aliphatic heterocycles. The molecule has 0 bridgehead atoms. The highest BCUT2D eigenvalue weighted by molar-refractivity contribution is 5.73. The smallest absolute Gasteiger partial charge is 0.410 e. The third kappa shape index (κ3) is 8.77. The van der Waals surface area contributed by atoms with Crippen molar-refractivity contribution < 1.29 is 23.8 Å². The average molecular weight is 582 g/mol. The zero-order chi connectivity index (χ0) is 30.1. The van der Waals surface area contributed by atoms with Gasteiger partial charge in [0.1, 0.15) is 18.5 Å². The molecule has 0 aromatic heterocycles. The van der Waals surface area contributed by atoms with Gasteiger partial charge in [0.2, 0.25) is 0 Å². The molecule has 0 spiro atoms. The van der Waals surface area contributed by atoms with Crippen molar-refractivity contribution in [2.24, 2.45) is 11.8 Å². The molecule has 4 rings (SSSR count). The van der Waals surface area contributed by atoms with Crippen LogP contribution in [0.5, 0.6) is 0 Å². The van der Waals surface area contributed by atoms with E-state index in [0.717, 1.165) is 51.7 Å². The number of halogens is 1. The average Bonchev–Trinajstić information content (AvgIpc) is 3.37. The van der Waals surface area contributed by atoms with Crippen molar-refractivity contribution in [3.05, 3.63) is 71.5 Å². The standard InChI is InChI=1S/C34H48FN3O4/c1-4-16-38(34(41)42-23-26-12-8-9-13-31(26)35)29-14-17-37(18-15-29)22-27-20-28(36-32(33(39)40)19-24(2)3)21-30(27)25-10-6-5-7-11-25/h5-13,24,27-30,32,36H,4,14-23H2,1-3H3,(H,39,40). The van der Waals surface area contributed by atoms with E-state index in [1.807, 2.05) is 11.0 Å². The fourth-order valence-electron chi connectivity index (χ4n) is 6.81. The Hall–Kier alpha value is -2.97. The quantitative estimate of drug-likeness (QED) is 0.289. The minimum absolute atomic E-state index is 0.0672. The summed E-state index contributed by atoms with van der Waals surface area (Å²) in [4.78, 5) is 29.3. The van der Waals surface area contributed by atoms with Gasteiger partial charge in [-0.3, -0.25) is 4.79 Å². The second-order valence-electron chi connectivity index (χ2n) is 12.5. The largest absolute Gasteiger partial charge is 0.480 e. The number of amides is 1. The van der Waals surface area contributed by atoms with E-state index in [-0.39, 0.29) is 30.6 Å². The molecular weight excluding hydrogens is 533 g/mol. The molecule has 2 aliphatic rings. The number of carboxylic acids is 1. The first kappa shape index (κ1) is 32.0. The van der Waals surface area contributed by atoms with Gasteiger partial charge in [-0.05, 0) is 67.9 Å². The number of carbonyl (C=O) groups is 2. The molecule has 2 aromatic carbocycles. The summed E-state index contributed by atoms with van der Waals surface area (Å²) in [5.74, 6) is -0.0230. The van der Waals surface area contributed by atoms with Gasteiger partial charge >= 0.3 is 12.1 Å². The van der Waals surface area contributed by atoms with Crippen LogP contribution in [-0.4, -0.2) is 71.3 Å². The summed E-state index contributed by atoms with van der Waals surface area (Å²) >= 11 is 0. The van der Waals surface area contributed by atoms with Crippen LogP contribution >= 0.6 is 0 Å². The topological polar surface area (TPSA) is 82.1 Å². The first-order valence-electron chi connectivity index (χ1n) is 15.7. The number of likely N-dealkylation sites (tertiary alicyclic amines) is 1. The first-order valence-corrected chi connectivity index (χ1v) is 15.7. The Morgan fingerprint density at radius 1 is 1.07 bits per heavy atom. The van der Waals surface area contributed by atoms with Gasteiger partial charge in [-0.25, -0.2) is 9.18 Å². The van der Waals surface area contributed by atoms with Crippen LogP contribution in [-0.2, 0) is 16.1 Å². The van der Waals surface area contributed by atoms with E-state index < -0.39 is 12.0 Å². The molecule has 4 unspecified atom stereocenters. The van der Waals surface area contributed by atoms with Crippen LogP contribution in [0.3, 0.4) is 0 Å². The van der Waals surface area contributed by atoms with Crippen LogP contribution in [0.4, 0.5) is 9.18 Å². The molecular formula is C34H48FN3O4. The molecule has 2 aromatic rings. The number of hydrogen-bond acceptors (Lipinski definition) is 5. The van der Waals surface area contributed by atoms with E-state index in [4.69, 9.17) is 4.74 Å². The zero-order valence-corrected chi connectivity index (χ0v) is 25.4. The van der Waals surface area contributed by atoms with Crippen molar-refractivity contribution in [3.8, 4) is 0 Å². The molecule has 230 valence electrons. The van der Waals surface area contributed by atoms with Crippen LogP contribution in [0.25, 0.3) is 0 Å². The summed E-state index contributed by atoms with van der Waals surface area (Å²) in [5, 5.41) is 13.3. The lowest BCUT2D eigenvalue weighted by Crippen LogP contribution is -2.48. The highest BCUT2D eigenvalue weighted by Gasteiger charge is 2.39. The molecule has 7 nitrogen and oxygen atoms in total. The minimum atomic E-state index is -0.769. The number of hydrogen-bond donors (Lipinski definition) is 2. The number of piperidine rings is 1. The predicted molar refractivity (Wildman–Crippen MR) is 163 cm³/mol. The molecule has 1 amide bonds. The van der Waals surface area contributed by atoms with Crippen molar-refractivity contribution in [2.75, 3.05) is 26.2 Å².